The maximum Gasteiger partial charge on any atom is 0.308 e. The smallest absolute Gasteiger partial charge is 0.308 e. The molecule has 0 radical (unpaired) electrons. The van der Waals surface area contributed by atoms with Crippen molar-refractivity contribution in [1.29, 1.82) is 5.26 Å². The first kappa shape index (κ1) is 10.4. The molecule has 1 fully saturated rings. The van der Waals surface area contributed by atoms with Crippen molar-refractivity contribution in [3.63, 3.8) is 0 Å². The van der Waals surface area contributed by atoms with Crippen molar-refractivity contribution in [3.8, 4) is 6.07 Å². The molecule has 1 N–H and O–H groups in total. The molecule has 5 nitrogen and oxygen atoms in total. The van der Waals surface area contributed by atoms with E-state index in [2.05, 4.69) is 4.98 Å². The van der Waals surface area contributed by atoms with E-state index in [0.29, 0.717) is 31.0 Å². The summed E-state index contributed by atoms with van der Waals surface area (Å²) in [6.07, 6.45) is 0.633. The van der Waals surface area contributed by atoms with E-state index >= 15 is 0 Å². The first-order valence-electron chi connectivity index (χ1n) is 5.05. The summed E-state index contributed by atoms with van der Waals surface area (Å²) in [5.74, 6) is -0.408. The molecular formula is C11H11N3O2. The van der Waals surface area contributed by atoms with E-state index < -0.39 is 5.97 Å². The number of anilines is 1. The molecule has 0 aromatic carbocycles. The molecule has 82 valence electrons. The van der Waals surface area contributed by atoms with Gasteiger partial charge in [-0.15, -0.1) is 0 Å². The van der Waals surface area contributed by atoms with Gasteiger partial charge in [-0.1, -0.05) is 6.07 Å². The summed E-state index contributed by atoms with van der Waals surface area (Å²) in [7, 11) is 0. The number of carboxylic acids is 1. The molecule has 1 aromatic rings. The maximum atomic E-state index is 10.8. The normalized spacial score (nSPS) is 19.4. The topological polar surface area (TPSA) is 77.2 Å². The van der Waals surface area contributed by atoms with Gasteiger partial charge in [0.05, 0.1) is 5.92 Å². The Morgan fingerprint density at radius 2 is 2.44 bits per heavy atom. The number of rotatable bonds is 2. The van der Waals surface area contributed by atoms with Crippen molar-refractivity contribution in [2.45, 2.75) is 6.42 Å². The van der Waals surface area contributed by atoms with E-state index in [1.807, 2.05) is 11.0 Å². The average Bonchev–Trinajstić information content (AvgIpc) is 2.78. The fourth-order valence-corrected chi connectivity index (χ4v) is 1.83. The zero-order valence-corrected chi connectivity index (χ0v) is 8.63. The quantitative estimate of drug-likeness (QED) is 0.795. The zero-order chi connectivity index (χ0) is 11.5. The molecule has 1 aromatic heterocycles. The third-order valence-corrected chi connectivity index (χ3v) is 2.71. The van der Waals surface area contributed by atoms with Crippen molar-refractivity contribution in [1.82, 2.24) is 4.98 Å². The van der Waals surface area contributed by atoms with Crippen molar-refractivity contribution in [2.75, 3.05) is 18.0 Å². The predicted octanol–water partition coefficient (Wildman–Crippen LogP) is 0.864. The van der Waals surface area contributed by atoms with Gasteiger partial charge in [0.1, 0.15) is 17.6 Å². The zero-order valence-electron chi connectivity index (χ0n) is 8.63. The number of aliphatic carboxylic acids is 1. The Morgan fingerprint density at radius 1 is 1.62 bits per heavy atom. The van der Waals surface area contributed by atoms with Gasteiger partial charge in [0, 0.05) is 13.1 Å². The Labute approximate surface area is 92.9 Å². The second-order valence-electron chi connectivity index (χ2n) is 3.76. The van der Waals surface area contributed by atoms with Crippen LogP contribution in [0.4, 0.5) is 5.82 Å². The van der Waals surface area contributed by atoms with Crippen LogP contribution in [0.15, 0.2) is 18.2 Å². The molecule has 16 heavy (non-hydrogen) atoms. The summed E-state index contributed by atoms with van der Waals surface area (Å²) in [5, 5.41) is 17.6. The van der Waals surface area contributed by atoms with Gasteiger partial charge in [-0.3, -0.25) is 4.79 Å². The fraction of sp³-hybridized carbons (Fsp3) is 0.364. The molecule has 0 spiro atoms. The SMILES string of the molecule is N#Cc1cccc(N2CCC(C(=O)O)C2)n1. The molecule has 1 aliphatic heterocycles. The molecule has 0 saturated carbocycles. The predicted molar refractivity (Wildman–Crippen MR) is 56.9 cm³/mol. The van der Waals surface area contributed by atoms with E-state index in [0.717, 1.165) is 0 Å². The van der Waals surface area contributed by atoms with Crippen LogP contribution in [0.5, 0.6) is 0 Å². The lowest BCUT2D eigenvalue weighted by atomic mass is 10.1. The van der Waals surface area contributed by atoms with Crippen molar-refractivity contribution in [2.24, 2.45) is 5.92 Å². The Kier molecular flexibility index (Phi) is 2.73. The van der Waals surface area contributed by atoms with Crippen LogP contribution >= 0.6 is 0 Å². The Morgan fingerprint density at radius 3 is 3.06 bits per heavy atom. The average molecular weight is 217 g/mol. The molecule has 1 unspecified atom stereocenters. The number of carboxylic acid groups (broad SMARTS) is 1. The number of pyridine rings is 1. The lowest BCUT2D eigenvalue weighted by Gasteiger charge is -2.16. The van der Waals surface area contributed by atoms with Crippen LogP contribution in [0.2, 0.25) is 0 Å². The van der Waals surface area contributed by atoms with Crippen LogP contribution in [0.1, 0.15) is 12.1 Å². The number of hydrogen-bond donors (Lipinski definition) is 1. The van der Waals surface area contributed by atoms with Crippen LogP contribution in [0.3, 0.4) is 0 Å². The van der Waals surface area contributed by atoms with Gasteiger partial charge in [-0.25, -0.2) is 4.98 Å². The summed E-state index contributed by atoms with van der Waals surface area (Å²) in [6, 6.07) is 7.16. The van der Waals surface area contributed by atoms with E-state index in [9.17, 15) is 4.79 Å². The third-order valence-electron chi connectivity index (χ3n) is 2.71. The van der Waals surface area contributed by atoms with Crippen LogP contribution < -0.4 is 4.90 Å². The summed E-state index contributed by atoms with van der Waals surface area (Å²) in [5.41, 5.74) is 0.358. The molecule has 2 heterocycles. The minimum atomic E-state index is -0.765. The van der Waals surface area contributed by atoms with Gasteiger partial charge in [-0.05, 0) is 18.6 Å². The van der Waals surface area contributed by atoms with Crippen LogP contribution in [-0.2, 0) is 4.79 Å². The summed E-state index contributed by atoms with van der Waals surface area (Å²) >= 11 is 0. The van der Waals surface area contributed by atoms with E-state index in [4.69, 9.17) is 10.4 Å². The van der Waals surface area contributed by atoms with E-state index in [-0.39, 0.29) is 5.92 Å². The molecule has 1 saturated heterocycles. The lowest BCUT2D eigenvalue weighted by molar-refractivity contribution is -0.140. The standard InChI is InChI=1S/C11H11N3O2/c12-6-9-2-1-3-10(13-9)14-5-4-8(7-14)11(15)16/h1-3,8H,4-5,7H2,(H,15,16). The second kappa shape index (κ2) is 4.19. The maximum absolute atomic E-state index is 10.8. The van der Waals surface area contributed by atoms with Crippen molar-refractivity contribution in [3.05, 3.63) is 23.9 Å². The minimum absolute atomic E-state index is 0.326. The fourth-order valence-electron chi connectivity index (χ4n) is 1.83. The van der Waals surface area contributed by atoms with E-state index in [1.165, 1.54) is 0 Å². The minimum Gasteiger partial charge on any atom is -0.481 e. The number of carbonyl (C=O) groups is 1. The molecule has 0 aliphatic carbocycles. The number of aromatic nitrogens is 1. The summed E-state index contributed by atoms with van der Waals surface area (Å²) < 4.78 is 0. The number of nitrogens with zero attached hydrogens (tertiary/aromatic N) is 3. The van der Waals surface area contributed by atoms with Crippen molar-refractivity contribution >= 4 is 11.8 Å². The first-order chi connectivity index (χ1) is 7.70. The molecule has 2 rings (SSSR count). The molecule has 1 atom stereocenters. The van der Waals surface area contributed by atoms with Gasteiger partial charge < -0.3 is 10.0 Å². The third kappa shape index (κ3) is 1.96. The van der Waals surface area contributed by atoms with Gasteiger partial charge >= 0.3 is 5.97 Å². The van der Waals surface area contributed by atoms with Crippen molar-refractivity contribution < 1.29 is 9.90 Å². The van der Waals surface area contributed by atoms with Crippen LogP contribution in [-0.4, -0.2) is 29.1 Å². The molecule has 0 amide bonds. The lowest BCUT2D eigenvalue weighted by Crippen LogP contribution is -2.23. The highest BCUT2D eigenvalue weighted by molar-refractivity contribution is 5.71. The van der Waals surface area contributed by atoms with Gasteiger partial charge in [0.15, 0.2) is 0 Å². The molecule has 1 aliphatic rings. The molecular weight excluding hydrogens is 206 g/mol. The molecule has 0 bridgehead atoms. The highest BCUT2D eigenvalue weighted by Gasteiger charge is 2.28. The summed E-state index contributed by atoms with van der Waals surface area (Å²) in [4.78, 5) is 16.8. The highest BCUT2D eigenvalue weighted by atomic mass is 16.4. The Balaban J connectivity index is 2.14. The number of nitriles is 1. The monoisotopic (exact) mass is 217 g/mol. The molecule has 5 heteroatoms. The van der Waals surface area contributed by atoms with Gasteiger partial charge in [0.25, 0.3) is 0 Å². The summed E-state index contributed by atoms with van der Waals surface area (Å²) in [6.45, 7) is 1.15. The second-order valence-corrected chi connectivity index (χ2v) is 3.76. The highest BCUT2D eigenvalue weighted by Crippen LogP contribution is 2.22. The van der Waals surface area contributed by atoms with Crippen LogP contribution in [0.25, 0.3) is 0 Å². The Hall–Kier alpha value is -2.09. The Bertz CT molecular complexity index is 453. The van der Waals surface area contributed by atoms with Gasteiger partial charge in [-0.2, -0.15) is 5.26 Å². The van der Waals surface area contributed by atoms with Gasteiger partial charge in [0.2, 0.25) is 0 Å². The van der Waals surface area contributed by atoms with Crippen LogP contribution in [0, 0.1) is 17.2 Å². The van der Waals surface area contributed by atoms with E-state index in [1.54, 1.807) is 18.2 Å². The number of hydrogen-bond acceptors (Lipinski definition) is 4. The largest absolute Gasteiger partial charge is 0.481 e. The first-order valence-corrected chi connectivity index (χ1v) is 5.05.